The van der Waals surface area contributed by atoms with E-state index >= 15 is 0 Å². The van der Waals surface area contributed by atoms with Crippen LogP contribution in [0.1, 0.15) is 36.5 Å². The van der Waals surface area contributed by atoms with Crippen molar-refractivity contribution in [1.29, 1.82) is 0 Å². The summed E-state index contributed by atoms with van der Waals surface area (Å²) in [6, 6.07) is 5.86. The maximum atomic E-state index is 12.4. The van der Waals surface area contributed by atoms with Gasteiger partial charge in [-0.05, 0) is 47.3 Å². The topological polar surface area (TPSA) is 20.3 Å². The summed E-state index contributed by atoms with van der Waals surface area (Å²) in [5.74, 6) is 0.0562. The predicted octanol–water partition coefficient (Wildman–Crippen LogP) is 4.12. The molecule has 1 heterocycles. The van der Waals surface area contributed by atoms with E-state index in [1.165, 1.54) is 0 Å². The normalized spacial score (nSPS) is 19.7. The molecule has 1 saturated heterocycles. The Hall–Kier alpha value is -0.540. The van der Waals surface area contributed by atoms with E-state index in [0.29, 0.717) is 16.6 Å². The van der Waals surface area contributed by atoms with E-state index in [9.17, 15) is 4.79 Å². The van der Waals surface area contributed by atoms with Gasteiger partial charge in [-0.2, -0.15) is 0 Å². The molecule has 2 nitrogen and oxygen atoms in total. The number of benzene rings is 1. The van der Waals surface area contributed by atoms with Crippen LogP contribution in [0.3, 0.4) is 0 Å². The van der Waals surface area contributed by atoms with Gasteiger partial charge in [0, 0.05) is 17.1 Å². The summed E-state index contributed by atoms with van der Waals surface area (Å²) in [4.78, 5) is 14.4. The summed E-state index contributed by atoms with van der Waals surface area (Å²) >= 11 is 9.52. The van der Waals surface area contributed by atoms with Crippen LogP contribution in [0.4, 0.5) is 0 Å². The Kier molecular flexibility index (Phi) is 4.10. The van der Waals surface area contributed by atoms with Crippen LogP contribution in [0, 0.1) is 0 Å². The molecule has 0 aromatic heterocycles. The third-order valence-corrected chi connectivity index (χ3v) is 4.59. The first-order valence-corrected chi connectivity index (χ1v) is 7.07. The average molecular weight is 317 g/mol. The van der Waals surface area contributed by atoms with Crippen LogP contribution >= 0.6 is 27.5 Å². The van der Waals surface area contributed by atoms with Gasteiger partial charge in [0.2, 0.25) is 0 Å². The van der Waals surface area contributed by atoms with E-state index in [2.05, 4.69) is 22.9 Å². The van der Waals surface area contributed by atoms with Crippen LogP contribution in [0.2, 0.25) is 5.02 Å². The van der Waals surface area contributed by atoms with Gasteiger partial charge in [-0.3, -0.25) is 4.79 Å². The van der Waals surface area contributed by atoms with E-state index in [0.717, 1.165) is 30.3 Å². The molecule has 1 atom stereocenters. The maximum Gasteiger partial charge on any atom is 0.255 e. The summed E-state index contributed by atoms with van der Waals surface area (Å²) in [5.41, 5.74) is 0.599. The minimum Gasteiger partial charge on any atom is -0.336 e. The predicted molar refractivity (Wildman–Crippen MR) is 73.5 cm³/mol. The minimum atomic E-state index is 0.0562. The Morgan fingerprint density at radius 1 is 1.59 bits per heavy atom. The molecule has 1 aliphatic heterocycles. The molecular weight excluding hydrogens is 302 g/mol. The van der Waals surface area contributed by atoms with Crippen molar-refractivity contribution in [2.75, 3.05) is 6.54 Å². The van der Waals surface area contributed by atoms with Crippen LogP contribution in [0.15, 0.2) is 22.7 Å². The van der Waals surface area contributed by atoms with Crippen molar-refractivity contribution < 1.29 is 4.79 Å². The van der Waals surface area contributed by atoms with E-state index < -0.39 is 0 Å². The molecule has 4 heteroatoms. The standard InChI is InChI=1S/C13H15BrClNO/c1-2-9-5-4-8-16(9)13(17)10-6-3-7-11(14)12(10)15/h3,6-7,9H,2,4-5,8H2,1H3. The first-order chi connectivity index (χ1) is 8.15. The molecule has 17 heavy (non-hydrogen) atoms. The zero-order chi connectivity index (χ0) is 12.4. The molecule has 0 N–H and O–H groups in total. The van der Waals surface area contributed by atoms with Gasteiger partial charge < -0.3 is 4.90 Å². The number of carbonyl (C=O) groups excluding carboxylic acids is 1. The lowest BCUT2D eigenvalue weighted by atomic mass is 10.1. The zero-order valence-corrected chi connectivity index (χ0v) is 12.1. The molecule has 92 valence electrons. The smallest absolute Gasteiger partial charge is 0.255 e. The highest BCUT2D eigenvalue weighted by Crippen LogP contribution is 2.29. The van der Waals surface area contributed by atoms with Gasteiger partial charge in [0.15, 0.2) is 0 Å². The third kappa shape index (κ3) is 2.50. The highest BCUT2D eigenvalue weighted by atomic mass is 79.9. The number of halogens is 2. The highest BCUT2D eigenvalue weighted by molar-refractivity contribution is 9.10. The van der Waals surface area contributed by atoms with Crippen LogP contribution < -0.4 is 0 Å². The molecule has 1 aliphatic rings. The lowest BCUT2D eigenvalue weighted by molar-refractivity contribution is 0.0734. The number of carbonyl (C=O) groups is 1. The Morgan fingerprint density at radius 2 is 2.35 bits per heavy atom. The first-order valence-electron chi connectivity index (χ1n) is 5.90. The van der Waals surface area contributed by atoms with Crippen molar-refractivity contribution in [3.63, 3.8) is 0 Å². The lowest BCUT2D eigenvalue weighted by Crippen LogP contribution is -2.35. The third-order valence-electron chi connectivity index (χ3n) is 3.29. The SMILES string of the molecule is CCC1CCCN1C(=O)c1cccc(Br)c1Cl. The van der Waals surface area contributed by atoms with Gasteiger partial charge in [-0.25, -0.2) is 0 Å². The van der Waals surface area contributed by atoms with Crippen molar-refractivity contribution in [3.8, 4) is 0 Å². The molecular formula is C13H15BrClNO. The summed E-state index contributed by atoms with van der Waals surface area (Å²) < 4.78 is 0.775. The molecule has 1 aromatic carbocycles. The monoisotopic (exact) mass is 315 g/mol. The number of rotatable bonds is 2. The van der Waals surface area contributed by atoms with Gasteiger partial charge in [0.25, 0.3) is 5.91 Å². The Morgan fingerprint density at radius 3 is 3.06 bits per heavy atom. The van der Waals surface area contributed by atoms with E-state index in [1.54, 1.807) is 6.07 Å². The molecule has 1 amide bonds. The van der Waals surface area contributed by atoms with E-state index in [4.69, 9.17) is 11.6 Å². The molecule has 0 aliphatic carbocycles. The summed E-state index contributed by atoms with van der Waals surface area (Å²) in [6.07, 6.45) is 3.21. The van der Waals surface area contributed by atoms with Crippen molar-refractivity contribution in [1.82, 2.24) is 4.90 Å². The summed E-state index contributed by atoms with van der Waals surface area (Å²) in [7, 11) is 0. The van der Waals surface area contributed by atoms with E-state index in [-0.39, 0.29) is 5.91 Å². The number of nitrogens with zero attached hydrogens (tertiary/aromatic N) is 1. The fraction of sp³-hybridized carbons (Fsp3) is 0.462. The van der Waals surface area contributed by atoms with Crippen LogP contribution in [0.5, 0.6) is 0 Å². The molecule has 1 fully saturated rings. The zero-order valence-electron chi connectivity index (χ0n) is 9.75. The average Bonchev–Trinajstić information content (AvgIpc) is 2.80. The molecule has 0 bridgehead atoms. The quantitative estimate of drug-likeness (QED) is 0.804. The second-order valence-electron chi connectivity index (χ2n) is 4.30. The van der Waals surface area contributed by atoms with E-state index in [1.807, 2.05) is 17.0 Å². The molecule has 0 spiro atoms. The van der Waals surface area contributed by atoms with Gasteiger partial charge in [-0.15, -0.1) is 0 Å². The van der Waals surface area contributed by atoms with Crippen molar-refractivity contribution >= 4 is 33.4 Å². The Balaban J connectivity index is 2.28. The number of amides is 1. The van der Waals surface area contributed by atoms with Gasteiger partial charge in [0.05, 0.1) is 10.6 Å². The first kappa shape index (κ1) is 12.9. The lowest BCUT2D eigenvalue weighted by Gasteiger charge is -2.24. The Labute approximate surface area is 115 Å². The van der Waals surface area contributed by atoms with Crippen molar-refractivity contribution in [2.45, 2.75) is 32.2 Å². The van der Waals surface area contributed by atoms with Gasteiger partial charge in [0.1, 0.15) is 0 Å². The minimum absolute atomic E-state index is 0.0562. The second kappa shape index (κ2) is 5.40. The summed E-state index contributed by atoms with van der Waals surface area (Å²) in [5, 5.41) is 0.513. The second-order valence-corrected chi connectivity index (χ2v) is 5.54. The van der Waals surface area contributed by atoms with Gasteiger partial charge >= 0.3 is 0 Å². The van der Waals surface area contributed by atoms with Crippen LogP contribution in [0.25, 0.3) is 0 Å². The molecule has 2 rings (SSSR count). The number of hydrogen-bond acceptors (Lipinski definition) is 1. The fourth-order valence-electron chi connectivity index (χ4n) is 2.35. The molecule has 0 radical (unpaired) electrons. The van der Waals surface area contributed by atoms with Crippen molar-refractivity contribution in [3.05, 3.63) is 33.3 Å². The highest BCUT2D eigenvalue weighted by Gasteiger charge is 2.29. The fourth-order valence-corrected chi connectivity index (χ4v) is 2.92. The number of hydrogen-bond donors (Lipinski definition) is 0. The Bertz CT molecular complexity index is 435. The molecule has 1 unspecified atom stereocenters. The van der Waals surface area contributed by atoms with Crippen LogP contribution in [-0.4, -0.2) is 23.4 Å². The number of likely N-dealkylation sites (tertiary alicyclic amines) is 1. The largest absolute Gasteiger partial charge is 0.336 e. The summed E-state index contributed by atoms with van der Waals surface area (Å²) in [6.45, 7) is 2.97. The van der Waals surface area contributed by atoms with Gasteiger partial charge in [-0.1, -0.05) is 24.6 Å². The van der Waals surface area contributed by atoms with Crippen LogP contribution in [-0.2, 0) is 0 Å². The molecule has 1 aromatic rings. The van der Waals surface area contributed by atoms with Crippen molar-refractivity contribution in [2.24, 2.45) is 0 Å². The maximum absolute atomic E-state index is 12.4. The molecule has 0 saturated carbocycles.